The standard InChI is InChI=1S/C16H17Cl2N3O3S/c1-2-3-21-16-11(4-12(17)14-13(18)5-19-15(14)16)7-20(25(21,22)23)6-10-8-24-9-10/h2,4-5,10,19H,1,3,6-9H2. The molecule has 1 aromatic carbocycles. The highest BCUT2D eigenvalue weighted by molar-refractivity contribution is 7.90. The molecule has 2 aliphatic heterocycles. The van der Waals surface area contributed by atoms with Crippen LogP contribution in [0.5, 0.6) is 0 Å². The number of nitrogens with zero attached hydrogens (tertiary/aromatic N) is 2. The number of H-pyrrole nitrogens is 1. The van der Waals surface area contributed by atoms with E-state index in [9.17, 15) is 8.42 Å². The first kappa shape index (κ1) is 17.2. The lowest BCUT2D eigenvalue weighted by atomic mass is 10.1. The van der Waals surface area contributed by atoms with Gasteiger partial charge in [-0.15, -0.1) is 6.58 Å². The van der Waals surface area contributed by atoms with Gasteiger partial charge in [0, 0.05) is 30.6 Å². The normalized spacial score (nSPS) is 20.5. The summed E-state index contributed by atoms with van der Waals surface area (Å²) in [5.74, 6) is 0.223. The van der Waals surface area contributed by atoms with Crippen molar-refractivity contribution in [1.29, 1.82) is 0 Å². The fourth-order valence-electron chi connectivity index (χ4n) is 3.34. The van der Waals surface area contributed by atoms with Gasteiger partial charge in [-0.05, 0) is 11.6 Å². The number of benzene rings is 1. The van der Waals surface area contributed by atoms with E-state index in [1.165, 1.54) is 8.61 Å². The van der Waals surface area contributed by atoms with Gasteiger partial charge in [-0.3, -0.25) is 4.31 Å². The molecule has 2 aliphatic rings. The zero-order valence-corrected chi connectivity index (χ0v) is 15.7. The van der Waals surface area contributed by atoms with Crippen molar-refractivity contribution in [2.24, 2.45) is 5.92 Å². The lowest BCUT2D eigenvalue weighted by Gasteiger charge is -2.40. The van der Waals surface area contributed by atoms with Crippen LogP contribution < -0.4 is 4.31 Å². The highest BCUT2D eigenvalue weighted by Crippen LogP contribution is 2.43. The molecule has 9 heteroatoms. The van der Waals surface area contributed by atoms with Crippen LogP contribution in [0.25, 0.3) is 10.9 Å². The first-order valence-corrected chi connectivity index (χ1v) is 10.0. The number of aromatic nitrogens is 1. The number of aromatic amines is 1. The van der Waals surface area contributed by atoms with Crippen molar-refractivity contribution in [1.82, 2.24) is 9.29 Å². The Kier molecular flexibility index (Phi) is 4.24. The monoisotopic (exact) mass is 401 g/mol. The summed E-state index contributed by atoms with van der Waals surface area (Å²) in [6.45, 7) is 5.75. The summed E-state index contributed by atoms with van der Waals surface area (Å²) in [7, 11) is -3.67. The average Bonchev–Trinajstić information content (AvgIpc) is 2.89. The molecule has 0 bridgehead atoms. The molecule has 0 saturated carbocycles. The number of fused-ring (bicyclic) bond motifs is 3. The van der Waals surface area contributed by atoms with Crippen molar-refractivity contribution in [2.45, 2.75) is 6.54 Å². The Morgan fingerprint density at radius 3 is 2.76 bits per heavy atom. The predicted molar refractivity (Wildman–Crippen MR) is 99.5 cm³/mol. The SMILES string of the molecule is C=CCN1c2c(cc(Cl)c3c(Cl)c[nH]c23)CN(CC2COC2)S1(=O)=O. The molecule has 0 amide bonds. The topological polar surface area (TPSA) is 65.6 Å². The van der Waals surface area contributed by atoms with E-state index in [4.69, 9.17) is 27.9 Å². The molecule has 4 rings (SSSR count). The number of hydrogen-bond acceptors (Lipinski definition) is 3. The van der Waals surface area contributed by atoms with E-state index in [-0.39, 0.29) is 19.0 Å². The Balaban J connectivity index is 1.89. The summed E-state index contributed by atoms with van der Waals surface area (Å²) < 4.78 is 34.3. The maximum atomic E-state index is 13.2. The molecule has 1 aromatic heterocycles. The fraction of sp³-hybridized carbons (Fsp3) is 0.375. The third kappa shape index (κ3) is 2.65. The molecule has 25 heavy (non-hydrogen) atoms. The third-order valence-electron chi connectivity index (χ3n) is 4.58. The van der Waals surface area contributed by atoms with Crippen molar-refractivity contribution in [2.75, 3.05) is 30.6 Å². The van der Waals surface area contributed by atoms with Crippen LogP contribution in [-0.4, -0.2) is 44.0 Å². The second-order valence-corrected chi connectivity index (χ2v) is 8.94. The van der Waals surface area contributed by atoms with Crippen molar-refractivity contribution < 1.29 is 13.2 Å². The first-order valence-electron chi connectivity index (χ1n) is 7.88. The maximum absolute atomic E-state index is 13.2. The molecule has 1 saturated heterocycles. The van der Waals surface area contributed by atoms with Gasteiger partial charge in [0.05, 0.1) is 41.0 Å². The molecule has 1 N–H and O–H groups in total. The van der Waals surface area contributed by atoms with Gasteiger partial charge in [-0.2, -0.15) is 12.7 Å². The maximum Gasteiger partial charge on any atom is 0.304 e. The van der Waals surface area contributed by atoms with E-state index in [0.29, 0.717) is 46.4 Å². The van der Waals surface area contributed by atoms with E-state index < -0.39 is 10.2 Å². The van der Waals surface area contributed by atoms with Gasteiger partial charge in [0.15, 0.2) is 0 Å². The van der Waals surface area contributed by atoms with Gasteiger partial charge in [0.2, 0.25) is 0 Å². The molecular weight excluding hydrogens is 385 g/mol. The quantitative estimate of drug-likeness (QED) is 0.799. The average molecular weight is 402 g/mol. The van der Waals surface area contributed by atoms with E-state index in [1.807, 2.05) is 0 Å². The highest BCUT2D eigenvalue weighted by atomic mass is 35.5. The van der Waals surface area contributed by atoms with Crippen LogP contribution in [0.1, 0.15) is 5.56 Å². The number of anilines is 1. The van der Waals surface area contributed by atoms with Gasteiger partial charge in [0.25, 0.3) is 0 Å². The van der Waals surface area contributed by atoms with E-state index in [2.05, 4.69) is 11.6 Å². The minimum Gasteiger partial charge on any atom is -0.381 e. The molecule has 1 fully saturated rings. The van der Waals surface area contributed by atoms with Gasteiger partial charge < -0.3 is 9.72 Å². The summed E-state index contributed by atoms with van der Waals surface area (Å²) in [4.78, 5) is 3.07. The molecule has 134 valence electrons. The Bertz CT molecular complexity index is 953. The van der Waals surface area contributed by atoms with Crippen molar-refractivity contribution in [3.05, 3.63) is 40.5 Å². The fourth-order valence-corrected chi connectivity index (χ4v) is 5.69. The minimum absolute atomic E-state index is 0.167. The third-order valence-corrected chi connectivity index (χ3v) is 6.99. The number of ether oxygens (including phenoxy) is 1. The summed E-state index contributed by atoms with van der Waals surface area (Å²) in [5, 5.41) is 1.60. The second kappa shape index (κ2) is 6.17. The summed E-state index contributed by atoms with van der Waals surface area (Å²) >= 11 is 12.6. The van der Waals surface area contributed by atoms with Gasteiger partial charge in [0.1, 0.15) is 0 Å². The Morgan fingerprint density at radius 2 is 2.12 bits per heavy atom. The van der Waals surface area contributed by atoms with Crippen LogP contribution in [0, 0.1) is 5.92 Å². The number of halogens is 2. The molecule has 0 aliphatic carbocycles. The number of hydrogen-bond donors (Lipinski definition) is 1. The molecule has 3 heterocycles. The van der Waals surface area contributed by atoms with E-state index in [0.717, 1.165) is 5.56 Å². The smallest absolute Gasteiger partial charge is 0.304 e. The summed E-state index contributed by atoms with van der Waals surface area (Å²) in [5.41, 5.74) is 2.06. The number of nitrogens with one attached hydrogen (secondary N) is 1. The zero-order valence-electron chi connectivity index (χ0n) is 13.3. The summed E-state index contributed by atoms with van der Waals surface area (Å²) in [6, 6.07) is 1.80. The molecule has 0 radical (unpaired) electrons. The van der Waals surface area contributed by atoms with Crippen LogP contribution >= 0.6 is 23.2 Å². The van der Waals surface area contributed by atoms with Crippen molar-refractivity contribution >= 4 is 50.0 Å². The van der Waals surface area contributed by atoms with Crippen molar-refractivity contribution in [3.63, 3.8) is 0 Å². The van der Waals surface area contributed by atoms with Crippen LogP contribution in [0.4, 0.5) is 5.69 Å². The Morgan fingerprint density at radius 1 is 1.36 bits per heavy atom. The largest absolute Gasteiger partial charge is 0.381 e. The van der Waals surface area contributed by atoms with Crippen LogP contribution in [0.15, 0.2) is 24.9 Å². The van der Waals surface area contributed by atoms with Gasteiger partial charge >= 0.3 is 10.2 Å². The molecule has 0 unspecified atom stereocenters. The van der Waals surface area contributed by atoms with Gasteiger partial charge in [-0.25, -0.2) is 0 Å². The zero-order chi connectivity index (χ0) is 17.8. The Hall–Kier alpha value is -1.25. The number of rotatable bonds is 4. The molecule has 0 atom stereocenters. The van der Waals surface area contributed by atoms with Crippen LogP contribution in [-0.2, 0) is 21.5 Å². The van der Waals surface area contributed by atoms with Crippen LogP contribution in [0.3, 0.4) is 0 Å². The Labute approximate surface area is 156 Å². The van der Waals surface area contributed by atoms with E-state index in [1.54, 1.807) is 18.3 Å². The molecule has 0 spiro atoms. The highest BCUT2D eigenvalue weighted by Gasteiger charge is 2.40. The van der Waals surface area contributed by atoms with Gasteiger partial charge in [-0.1, -0.05) is 29.3 Å². The minimum atomic E-state index is -3.67. The lowest BCUT2D eigenvalue weighted by Crippen LogP contribution is -2.51. The van der Waals surface area contributed by atoms with Crippen LogP contribution in [0.2, 0.25) is 10.0 Å². The van der Waals surface area contributed by atoms with Crippen molar-refractivity contribution in [3.8, 4) is 0 Å². The second-order valence-electron chi connectivity index (χ2n) is 6.28. The predicted octanol–water partition coefficient (Wildman–Crippen LogP) is 3.17. The first-order chi connectivity index (χ1) is 11.9. The lowest BCUT2D eigenvalue weighted by molar-refractivity contribution is -0.0389. The molecule has 6 nitrogen and oxygen atoms in total. The van der Waals surface area contributed by atoms with E-state index >= 15 is 0 Å². The summed E-state index contributed by atoms with van der Waals surface area (Å²) in [6.07, 6.45) is 3.19. The molecular formula is C16H17Cl2N3O3S. The molecule has 2 aromatic rings.